The van der Waals surface area contributed by atoms with Gasteiger partial charge in [-0.25, -0.2) is 0 Å². The van der Waals surface area contributed by atoms with Crippen LogP contribution in [0.1, 0.15) is 24.0 Å². The number of piperidine rings is 1. The largest absolute Gasteiger partial charge is 0.339 e. The SMILES string of the molecule is CN1CCC2(CC1)COC(c1ccccc1)(c1ccccc1)O2. The first-order valence-corrected chi connectivity index (χ1v) is 8.36. The molecular weight excluding hydrogens is 286 g/mol. The molecule has 4 rings (SSSR count). The van der Waals surface area contributed by atoms with E-state index >= 15 is 0 Å². The van der Waals surface area contributed by atoms with E-state index in [1.165, 1.54) is 0 Å². The van der Waals surface area contributed by atoms with E-state index in [4.69, 9.17) is 9.47 Å². The van der Waals surface area contributed by atoms with Crippen molar-refractivity contribution >= 4 is 0 Å². The van der Waals surface area contributed by atoms with Crippen LogP contribution in [0.5, 0.6) is 0 Å². The molecule has 2 aliphatic heterocycles. The topological polar surface area (TPSA) is 21.7 Å². The van der Waals surface area contributed by atoms with E-state index < -0.39 is 5.79 Å². The maximum absolute atomic E-state index is 6.75. The second kappa shape index (κ2) is 5.75. The molecule has 2 heterocycles. The van der Waals surface area contributed by atoms with Crippen LogP contribution in [0.15, 0.2) is 60.7 Å². The van der Waals surface area contributed by atoms with E-state index in [2.05, 4.69) is 36.2 Å². The van der Waals surface area contributed by atoms with Crippen molar-refractivity contribution in [3.63, 3.8) is 0 Å². The molecule has 0 amide bonds. The minimum atomic E-state index is -0.779. The van der Waals surface area contributed by atoms with Crippen molar-refractivity contribution in [2.75, 3.05) is 26.7 Å². The lowest BCUT2D eigenvalue weighted by molar-refractivity contribution is -0.173. The fourth-order valence-corrected chi connectivity index (χ4v) is 3.64. The number of hydrogen-bond acceptors (Lipinski definition) is 3. The summed E-state index contributed by atoms with van der Waals surface area (Å²) in [5, 5.41) is 0. The first-order chi connectivity index (χ1) is 11.2. The molecule has 0 aromatic heterocycles. The number of benzene rings is 2. The van der Waals surface area contributed by atoms with E-state index in [0.29, 0.717) is 6.61 Å². The average molecular weight is 309 g/mol. The van der Waals surface area contributed by atoms with Crippen LogP contribution < -0.4 is 0 Å². The Bertz CT molecular complexity index is 608. The molecule has 0 aliphatic carbocycles. The van der Waals surface area contributed by atoms with Gasteiger partial charge in [0.15, 0.2) is 0 Å². The summed E-state index contributed by atoms with van der Waals surface area (Å²) < 4.78 is 13.1. The van der Waals surface area contributed by atoms with Gasteiger partial charge < -0.3 is 14.4 Å². The minimum Gasteiger partial charge on any atom is -0.339 e. The highest BCUT2D eigenvalue weighted by atomic mass is 16.8. The molecule has 0 unspecified atom stereocenters. The van der Waals surface area contributed by atoms with Gasteiger partial charge in [-0.1, -0.05) is 60.7 Å². The van der Waals surface area contributed by atoms with Gasteiger partial charge in [0.2, 0.25) is 5.79 Å². The van der Waals surface area contributed by atoms with E-state index in [1.54, 1.807) is 0 Å². The smallest absolute Gasteiger partial charge is 0.223 e. The second-order valence-electron chi connectivity index (χ2n) is 6.73. The first-order valence-electron chi connectivity index (χ1n) is 8.36. The third-order valence-corrected chi connectivity index (χ3v) is 5.10. The molecule has 0 bridgehead atoms. The van der Waals surface area contributed by atoms with Crippen molar-refractivity contribution in [3.8, 4) is 0 Å². The van der Waals surface area contributed by atoms with Crippen LogP contribution in [0, 0.1) is 0 Å². The normalized spacial score (nSPS) is 23.2. The lowest BCUT2D eigenvalue weighted by Gasteiger charge is -2.38. The second-order valence-corrected chi connectivity index (χ2v) is 6.73. The van der Waals surface area contributed by atoms with Crippen LogP contribution in [-0.2, 0) is 15.3 Å². The zero-order valence-electron chi connectivity index (χ0n) is 13.6. The van der Waals surface area contributed by atoms with Gasteiger partial charge in [0, 0.05) is 24.2 Å². The maximum atomic E-state index is 6.75. The van der Waals surface area contributed by atoms with Crippen LogP contribution in [0.3, 0.4) is 0 Å². The summed E-state index contributed by atoms with van der Waals surface area (Å²) in [6.45, 7) is 2.77. The monoisotopic (exact) mass is 309 g/mol. The van der Waals surface area contributed by atoms with Gasteiger partial charge in [-0.3, -0.25) is 0 Å². The number of likely N-dealkylation sites (tertiary alicyclic amines) is 1. The molecule has 2 aromatic rings. The lowest BCUT2D eigenvalue weighted by atomic mass is 9.92. The highest BCUT2D eigenvalue weighted by molar-refractivity contribution is 5.35. The molecule has 2 aromatic carbocycles. The fraction of sp³-hybridized carbons (Fsp3) is 0.400. The first kappa shape index (κ1) is 14.9. The van der Waals surface area contributed by atoms with Gasteiger partial charge in [-0.05, 0) is 19.9 Å². The van der Waals surface area contributed by atoms with E-state index in [1.807, 2.05) is 36.4 Å². The lowest BCUT2D eigenvalue weighted by Crippen LogP contribution is -2.45. The molecule has 2 fully saturated rings. The van der Waals surface area contributed by atoms with Crippen LogP contribution in [0.25, 0.3) is 0 Å². The van der Waals surface area contributed by atoms with E-state index in [-0.39, 0.29) is 5.60 Å². The fourth-order valence-electron chi connectivity index (χ4n) is 3.64. The Morgan fingerprint density at radius 2 is 1.35 bits per heavy atom. The molecule has 1 spiro atoms. The van der Waals surface area contributed by atoms with Gasteiger partial charge in [0.05, 0.1) is 12.2 Å². The van der Waals surface area contributed by atoms with Gasteiger partial charge >= 0.3 is 0 Å². The molecule has 3 heteroatoms. The van der Waals surface area contributed by atoms with Crippen molar-refractivity contribution in [2.45, 2.75) is 24.2 Å². The van der Waals surface area contributed by atoms with Crippen molar-refractivity contribution in [1.82, 2.24) is 4.90 Å². The standard InChI is InChI=1S/C20H23NO2/c1-21-14-12-19(13-15-21)16-22-20(23-19,17-8-4-2-5-9-17)18-10-6-3-7-11-18/h2-11H,12-16H2,1H3. The Balaban J connectivity index is 1.74. The third-order valence-electron chi connectivity index (χ3n) is 5.10. The van der Waals surface area contributed by atoms with Crippen LogP contribution in [0.4, 0.5) is 0 Å². The van der Waals surface area contributed by atoms with Gasteiger partial charge in [0.25, 0.3) is 0 Å². The molecular formula is C20H23NO2. The summed E-state index contributed by atoms with van der Waals surface area (Å²) in [6.07, 6.45) is 2.04. The number of hydrogen-bond donors (Lipinski definition) is 0. The molecule has 0 atom stereocenters. The highest BCUT2D eigenvalue weighted by Gasteiger charge is 2.53. The van der Waals surface area contributed by atoms with Crippen molar-refractivity contribution in [3.05, 3.63) is 71.8 Å². The molecule has 2 aliphatic rings. The van der Waals surface area contributed by atoms with Crippen LogP contribution >= 0.6 is 0 Å². The van der Waals surface area contributed by atoms with Crippen LogP contribution in [-0.4, -0.2) is 37.2 Å². The Morgan fingerprint density at radius 1 is 0.826 bits per heavy atom. The molecule has 3 nitrogen and oxygen atoms in total. The molecule has 0 radical (unpaired) electrons. The van der Waals surface area contributed by atoms with Crippen molar-refractivity contribution in [1.29, 1.82) is 0 Å². The zero-order valence-corrected chi connectivity index (χ0v) is 13.6. The van der Waals surface area contributed by atoms with Crippen molar-refractivity contribution in [2.24, 2.45) is 0 Å². The number of nitrogens with zero attached hydrogens (tertiary/aromatic N) is 1. The molecule has 23 heavy (non-hydrogen) atoms. The maximum Gasteiger partial charge on any atom is 0.223 e. The summed E-state index contributed by atoms with van der Waals surface area (Å²) in [5.74, 6) is -0.779. The summed E-state index contributed by atoms with van der Waals surface area (Å²) in [4.78, 5) is 2.36. The average Bonchev–Trinajstić information content (AvgIpc) is 3.00. The third kappa shape index (κ3) is 2.59. The van der Waals surface area contributed by atoms with Gasteiger partial charge in [-0.2, -0.15) is 0 Å². The predicted octanol–water partition coefficient (Wildman–Crippen LogP) is 3.40. The summed E-state index contributed by atoms with van der Waals surface area (Å²) in [5.41, 5.74) is 1.97. The molecule has 2 saturated heterocycles. The van der Waals surface area contributed by atoms with E-state index in [0.717, 1.165) is 37.1 Å². The van der Waals surface area contributed by atoms with Crippen LogP contribution in [0.2, 0.25) is 0 Å². The summed E-state index contributed by atoms with van der Waals surface area (Å²) in [6, 6.07) is 20.6. The Hall–Kier alpha value is -1.68. The van der Waals surface area contributed by atoms with E-state index in [9.17, 15) is 0 Å². The molecule has 0 saturated carbocycles. The van der Waals surface area contributed by atoms with Gasteiger partial charge in [-0.15, -0.1) is 0 Å². The quantitative estimate of drug-likeness (QED) is 0.849. The highest BCUT2D eigenvalue weighted by Crippen LogP contribution is 2.47. The Morgan fingerprint density at radius 3 is 1.87 bits per heavy atom. The zero-order chi connectivity index (χ0) is 15.8. The molecule has 0 N–H and O–H groups in total. The molecule has 120 valence electrons. The Kier molecular flexibility index (Phi) is 3.72. The minimum absolute atomic E-state index is 0.168. The number of ether oxygens (including phenoxy) is 2. The summed E-state index contributed by atoms with van der Waals surface area (Å²) >= 11 is 0. The Labute approximate surface area is 137 Å². The summed E-state index contributed by atoms with van der Waals surface area (Å²) in [7, 11) is 2.17. The van der Waals surface area contributed by atoms with Crippen molar-refractivity contribution < 1.29 is 9.47 Å². The predicted molar refractivity (Wildman–Crippen MR) is 90.2 cm³/mol. The number of rotatable bonds is 2. The van der Waals surface area contributed by atoms with Gasteiger partial charge in [0.1, 0.15) is 0 Å².